The molecule has 0 spiro atoms. The normalized spacial score (nSPS) is 11.7. The molecule has 0 fully saturated rings. The summed E-state index contributed by atoms with van der Waals surface area (Å²) in [4.78, 5) is 6.30. The van der Waals surface area contributed by atoms with Crippen LogP contribution < -0.4 is 10.6 Å². The fourth-order valence-corrected chi connectivity index (χ4v) is 2.13. The molecule has 0 saturated carbocycles. The lowest BCUT2D eigenvalue weighted by Gasteiger charge is -2.19. The molecular weight excluding hydrogens is 278 g/mol. The van der Waals surface area contributed by atoms with Crippen molar-refractivity contribution in [1.29, 1.82) is 0 Å². The highest BCUT2D eigenvalue weighted by Gasteiger charge is 2.10. The topological polar surface area (TPSA) is 79.7 Å². The fourth-order valence-electron chi connectivity index (χ4n) is 1.86. The first kappa shape index (κ1) is 14.2. The van der Waals surface area contributed by atoms with Gasteiger partial charge in [0.1, 0.15) is 5.82 Å². The number of halogens is 1. The van der Waals surface area contributed by atoms with Gasteiger partial charge in [-0.2, -0.15) is 0 Å². The summed E-state index contributed by atoms with van der Waals surface area (Å²) in [6.07, 6.45) is 3.66. The fraction of sp³-hybridized carbons (Fsp3) is 0.231. The number of aromatic nitrogens is 2. The quantitative estimate of drug-likeness (QED) is 0.390. The van der Waals surface area contributed by atoms with Crippen molar-refractivity contribution in [3.05, 3.63) is 47.0 Å². The Hall–Kier alpha value is -2.21. The number of benzene rings is 1. The number of nitrogens with two attached hydrogens (primary N) is 1. The minimum absolute atomic E-state index is 0.00620. The van der Waals surface area contributed by atoms with Crippen molar-refractivity contribution in [1.82, 2.24) is 9.55 Å². The average molecular weight is 294 g/mol. The largest absolute Gasteiger partial charge is 0.409 e. The summed E-state index contributed by atoms with van der Waals surface area (Å²) < 4.78 is 1.96. The number of amidine groups is 1. The molecule has 0 unspecified atom stereocenters. The zero-order valence-corrected chi connectivity index (χ0v) is 12.0. The van der Waals surface area contributed by atoms with Crippen molar-refractivity contribution in [3.63, 3.8) is 0 Å². The lowest BCUT2D eigenvalue weighted by atomic mass is 10.2. The van der Waals surface area contributed by atoms with Crippen LogP contribution in [0.15, 0.2) is 35.7 Å². The molecule has 0 atom stereocenters. The molecule has 0 aliphatic heterocycles. The van der Waals surface area contributed by atoms with E-state index >= 15 is 0 Å². The van der Waals surface area contributed by atoms with Gasteiger partial charge in [0.2, 0.25) is 0 Å². The molecule has 1 aromatic carbocycles. The third kappa shape index (κ3) is 2.85. The molecule has 0 aliphatic carbocycles. The van der Waals surface area contributed by atoms with Crippen LogP contribution in [0.2, 0.25) is 5.02 Å². The van der Waals surface area contributed by atoms with E-state index in [0.717, 1.165) is 11.5 Å². The lowest BCUT2D eigenvalue weighted by Crippen LogP contribution is -2.19. The highest BCUT2D eigenvalue weighted by atomic mass is 35.5. The van der Waals surface area contributed by atoms with E-state index in [1.54, 1.807) is 18.3 Å². The summed E-state index contributed by atoms with van der Waals surface area (Å²) in [5, 5.41) is 12.1. The Morgan fingerprint density at radius 2 is 2.30 bits per heavy atom. The summed E-state index contributed by atoms with van der Waals surface area (Å²) in [5.74, 6) is 0.942. The molecule has 1 aromatic heterocycles. The minimum Gasteiger partial charge on any atom is -0.409 e. The summed E-state index contributed by atoms with van der Waals surface area (Å²) >= 11 is 6.14. The number of imidazole rings is 1. The molecule has 20 heavy (non-hydrogen) atoms. The summed E-state index contributed by atoms with van der Waals surface area (Å²) in [6, 6.07) is 5.36. The predicted molar refractivity (Wildman–Crippen MR) is 79.3 cm³/mol. The average Bonchev–Trinajstić information content (AvgIpc) is 2.83. The molecule has 0 amide bonds. The van der Waals surface area contributed by atoms with Crippen LogP contribution in [0.5, 0.6) is 0 Å². The smallest absolute Gasteiger partial charge is 0.171 e. The number of rotatable bonds is 4. The molecule has 0 bridgehead atoms. The third-order valence-electron chi connectivity index (χ3n) is 3.08. The molecule has 0 radical (unpaired) electrons. The van der Waals surface area contributed by atoms with Crippen LogP contribution in [0.4, 0.5) is 5.69 Å². The van der Waals surface area contributed by atoms with Crippen LogP contribution in [0.3, 0.4) is 0 Å². The van der Waals surface area contributed by atoms with E-state index in [1.807, 2.05) is 35.8 Å². The molecule has 106 valence electrons. The van der Waals surface area contributed by atoms with Gasteiger partial charge in [0.25, 0.3) is 0 Å². The standard InChI is InChI=1S/C13H16ClN5O/c1-18-6-5-16-12(18)8-19(2)9-3-4-10(11(14)7-9)13(15)17-20/h3-7,20H,8H2,1-2H3,(H2,15,17). The molecule has 6 nitrogen and oxygen atoms in total. The van der Waals surface area contributed by atoms with Crippen molar-refractivity contribution in [2.24, 2.45) is 17.9 Å². The van der Waals surface area contributed by atoms with E-state index in [-0.39, 0.29) is 5.84 Å². The lowest BCUT2D eigenvalue weighted by molar-refractivity contribution is 0.318. The summed E-state index contributed by atoms with van der Waals surface area (Å²) in [7, 11) is 3.90. The van der Waals surface area contributed by atoms with E-state index in [1.165, 1.54) is 0 Å². The van der Waals surface area contributed by atoms with Gasteiger partial charge in [0.05, 0.1) is 11.6 Å². The third-order valence-corrected chi connectivity index (χ3v) is 3.39. The zero-order valence-electron chi connectivity index (χ0n) is 11.3. The van der Waals surface area contributed by atoms with E-state index in [0.29, 0.717) is 17.1 Å². The first-order valence-corrected chi connectivity index (χ1v) is 6.35. The first-order chi connectivity index (χ1) is 9.52. The predicted octanol–water partition coefficient (Wildman–Crippen LogP) is 1.80. The zero-order chi connectivity index (χ0) is 14.7. The maximum atomic E-state index is 8.68. The van der Waals surface area contributed by atoms with E-state index < -0.39 is 0 Å². The van der Waals surface area contributed by atoms with Crippen molar-refractivity contribution in [3.8, 4) is 0 Å². The van der Waals surface area contributed by atoms with Gasteiger partial charge in [-0.15, -0.1) is 0 Å². The molecule has 1 heterocycles. The maximum Gasteiger partial charge on any atom is 0.171 e. The SMILES string of the molecule is CN(Cc1nccn1C)c1ccc(C(N)=NO)c(Cl)c1. The van der Waals surface area contributed by atoms with Gasteiger partial charge >= 0.3 is 0 Å². The van der Waals surface area contributed by atoms with Gasteiger partial charge in [-0.1, -0.05) is 16.8 Å². The van der Waals surface area contributed by atoms with Gasteiger partial charge in [-0.3, -0.25) is 0 Å². The monoisotopic (exact) mass is 293 g/mol. The Morgan fingerprint density at radius 3 is 2.85 bits per heavy atom. The van der Waals surface area contributed by atoms with Gasteiger partial charge in [0.15, 0.2) is 5.84 Å². The second-order valence-corrected chi connectivity index (χ2v) is 4.87. The van der Waals surface area contributed by atoms with Crippen molar-refractivity contribution in [2.45, 2.75) is 6.54 Å². The molecule has 2 rings (SSSR count). The summed E-state index contributed by atoms with van der Waals surface area (Å²) in [6.45, 7) is 0.656. The maximum absolute atomic E-state index is 8.68. The van der Waals surface area contributed by atoms with E-state index in [4.69, 9.17) is 22.5 Å². The van der Waals surface area contributed by atoms with E-state index in [9.17, 15) is 0 Å². The molecule has 3 N–H and O–H groups in total. The van der Waals surface area contributed by atoms with Crippen LogP contribution in [-0.2, 0) is 13.6 Å². The number of nitrogens with zero attached hydrogens (tertiary/aromatic N) is 4. The Morgan fingerprint density at radius 1 is 1.55 bits per heavy atom. The number of oxime groups is 1. The summed E-state index contributed by atoms with van der Waals surface area (Å²) in [5.41, 5.74) is 6.97. The van der Waals surface area contributed by atoms with Crippen LogP contribution in [0, 0.1) is 0 Å². The Bertz CT molecular complexity index is 637. The van der Waals surface area contributed by atoms with Crippen molar-refractivity contribution >= 4 is 23.1 Å². The first-order valence-electron chi connectivity index (χ1n) is 5.97. The number of hydrogen-bond acceptors (Lipinski definition) is 4. The second-order valence-electron chi connectivity index (χ2n) is 4.46. The van der Waals surface area contributed by atoms with Crippen molar-refractivity contribution < 1.29 is 5.21 Å². The van der Waals surface area contributed by atoms with Crippen LogP contribution >= 0.6 is 11.6 Å². The van der Waals surface area contributed by atoms with Gasteiger partial charge in [-0.25, -0.2) is 4.98 Å². The number of aryl methyl sites for hydroxylation is 1. The number of hydrogen-bond donors (Lipinski definition) is 2. The second kappa shape index (κ2) is 5.83. The Balaban J connectivity index is 2.21. The van der Waals surface area contributed by atoms with E-state index in [2.05, 4.69) is 10.1 Å². The minimum atomic E-state index is -0.00620. The van der Waals surface area contributed by atoms with Crippen molar-refractivity contribution in [2.75, 3.05) is 11.9 Å². The number of anilines is 1. The molecule has 7 heteroatoms. The molecule has 0 saturated heterocycles. The highest BCUT2D eigenvalue weighted by Crippen LogP contribution is 2.23. The van der Waals surface area contributed by atoms with Gasteiger partial charge in [0, 0.05) is 37.7 Å². The van der Waals surface area contributed by atoms with Gasteiger partial charge in [-0.05, 0) is 18.2 Å². The Kier molecular flexibility index (Phi) is 4.14. The highest BCUT2D eigenvalue weighted by molar-refractivity contribution is 6.34. The Labute approximate surface area is 122 Å². The van der Waals surface area contributed by atoms with Crippen LogP contribution in [-0.4, -0.2) is 27.6 Å². The van der Waals surface area contributed by atoms with Crippen LogP contribution in [0.1, 0.15) is 11.4 Å². The van der Waals surface area contributed by atoms with Crippen LogP contribution in [0.25, 0.3) is 0 Å². The van der Waals surface area contributed by atoms with Gasteiger partial charge < -0.3 is 20.4 Å². The molecule has 0 aliphatic rings. The molecular formula is C13H16ClN5O. The molecule has 2 aromatic rings.